The lowest BCUT2D eigenvalue weighted by Crippen LogP contribution is -2.44. The van der Waals surface area contributed by atoms with Crippen LogP contribution in [0.5, 0.6) is 11.5 Å². The van der Waals surface area contributed by atoms with Crippen LogP contribution < -0.4 is 14.8 Å². The molecule has 2 N–H and O–H groups in total. The molecule has 0 aliphatic carbocycles. The summed E-state index contributed by atoms with van der Waals surface area (Å²) in [5.41, 5.74) is 2.86. The zero-order chi connectivity index (χ0) is 22.8. The van der Waals surface area contributed by atoms with Gasteiger partial charge < -0.3 is 29.2 Å². The fourth-order valence-corrected chi connectivity index (χ4v) is 3.59. The number of carbonyl (C=O) groups is 2. The molecule has 8 heteroatoms. The van der Waals surface area contributed by atoms with Crippen molar-refractivity contribution in [2.75, 3.05) is 13.2 Å². The number of carboxylic acid groups (broad SMARTS) is 1. The topological polar surface area (TPSA) is 99.0 Å². The number of rotatable bonds is 5. The number of hydrogen-bond acceptors (Lipinski definition) is 5. The smallest absolute Gasteiger partial charge is 0.408 e. The van der Waals surface area contributed by atoms with Gasteiger partial charge in [-0.2, -0.15) is 0 Å². The molecule has 8 nitrogen and oxygen atoms in total. The number of aliphatic carboxylic acids is 1. The molecule has 0 bridgehead atoms. The summed E-state index contributed by atoms with van der Waals surface area (Å²) in [6, 6.07) is 6.60. The summed E-state index contributed by atoms with van der Waals surface area (Å²) in [7, 11) is 0. The van der Waals surface area contributed by atoms with E-state index in [-0.39, 0.29) is 6.42 Å². The molecule has 0 saturated carbocycles. The van der Waals surface area contributed by atoms with E-state index in [9.17, 15) is 14.7 Å². The minimum absolute atomic E-state index is 0.138. The maximum absolute atomic E-state index is 12.1. The van der Waals surface area contributed by atoms with Crippen molar-refractivity contribution in [1.29, 1.82) is 0 Å². The van der Waals surface area contributed by atoms with Gasteiger partial charge in [0, 0.05) is 36.0 Å². The molecule has 2 heterocycles. The summed E-state index contributed by atoms with van der Waals surface area (Å²) in [5, 5.41) is 12.1. The van der Waals surface area contributed by atoms with Gasteiger partial charge in [0.2, 0.25) is 0 Å². The van der Waals surface area contributed by atoms with E-state index in [0.717, 1.165) is 34.8 Å². The average molecular weight is 431 g/mol. The minimum Gasteiger partial charge on any atom is -0.490 e. The average Bonchev–Trinajstić information content (AvgIpc) is 2.82. The lowest BCUT2D eigenvalue weighted by molar-refractivity contribution is -0.139. The van der Waals surface area contributed by atoms with Gasteiger partial charge in [0.1, 0.15) is 11.6 Å². The molecule has 1 aromatic carbocycles. The van der Waals surface area contributed by atoms with Gasteiger partial charge in [-0.1, -0.05) is 0 Å². The quantitative estimate of drug-likeness (QED) is 0.749. The molecule has 168 valence electrons. The molecular weight excluding hydrogens is 400 g/mol. The number of benzene rings is 1. The fraction of sp³-hybridized carbons (Fsp3) is 0.478. The zero-order valence-corrected chi connectivity index (χ0v) is 18.7. The van der Waals surface area contributed by atoms with E-state index in [1.807, 2.05) is 42.7 Å². The van der Waals surface area contributed by atoms with Gasteiger partial charge in [0.15, 0.2) is 11.5 Å². The van der Waals surface area contributed by atoms with Gasteiger partial charge in [0.25, 0.3) is 0 Å². The molecule has 1 aromatic heterocycles. The number of aromatic nitrogens is 1. The Kier molecular flexibility index (Phi) is 6.48. The molecule has 31 heavy (non-hydrogen) atoms. The van der Waals surface area contributed by atoms with Crippen molar-refractivity contribution in [3.8, 4) is 17.2 Å². The van der Waals surface area contributed by atoms with Gasteiger partial charge in [-0.25, -0.2) is 9.59 Å². The SMILES string of the molecule is Cc1cc(CC(NC(=O)OC(C)(C)C)C(=O)O)c(C)n1-c1ccc2c(c1)OCCCO2. The normalized spacial score (nSPS) is 14.5. The second-order valence-corrected chi connectivity index (χ2v) is 8.65. The maximum atomic E-state index is 12.1. The van der Waals surface area contributed by atoms with Gasteiger partial charge >= 0.3 is 12.1 Å². The number of carbonyl (C=O) groups excluding carboxylic acids is 1. The Hall–Kier alpha value is -3.16. The van der Waals surface area contributed by atoms with Gasteiger partial charge in [-0.15, -0.1) is 0 Å². The summed E-state index contributed by atoms with van der Waals surface area (Å²) in [5.74, 6) is 0.293. The maximum Gasteiger partial charge on any atom is 0.408 e. The van der Waals surface area contributed by atoms with Crippen LogP contribution in [0.3, 0.4) is 0 Å². The summed E-state index contributed by atoms with van der Waals surface area (Å²) < 4.78 is 18.7. The molecule has 1 unspecified atom stereocenters. The first-order valence-corrected chi connectivity index (χ1v) is 10.4. The van der Waals surface area contributed by atoms with Crippen LogP contribution in [0.1, 0.15) is 44.1 Å². The van der Waals surface area contributed by atoms with Crippen molar-refractivity contribution in [2.45, 2.75) is 59.1 Å². The molecule has 1 amide bonds. The Labute approximate surface area is 182 Å². The molecule has 2 aromatic rings. The molecule has 0 spiro atoms. The molecule has 1 aliphatic heterocycles. The molecule has 1 atom stereocenters. The number of fused-ring (bicyclic) bond motifs is 1. The Balaban J connectivity index is 1.84. The first-order valence-electron chi connectivity index (χ1n) is 10.4. The standard InChI is InChI=1S/C23H30N2O6/c1-14-11-16(12-18(21(26)27)24-22(28)31-23(3,4)5)15(2)25(14)17-7-8-19-20(13-17)30-10-6-9-29-19/h7-8,11,13,18H,6,9-10,12H2,1-5H3,(H,24,28)(H,26,27). The van der Waals surface area contributed by atoms with Crippen molar-refractivity contribution >= 4 is 12.1 Å². The summed E-state index contributed by atoms with van der Waals surface area (Å²) >= 11 is 0. The van der Waals surface area contributed by atoms with E-state index >= 15 is 0 Å². The van der Waals surface area contributed by atoms with Crippen molar-refractivity contribution in [3.05, 3.63) is 41.2 Å². The van der Waals surface area contributed by atoms with E-state index in [4.69, 9.17) is 14.2 Å². The number of hydrogen-bond donors (Lipinski definition) is 2. The summed E-state index contributed by atoms with van der Waals surface area (Å²) in [4.78, 5) is 23.8. The van der Waals surface area contributed by atoms with Crippen molar-refractivity contribution < 1.29 is 28.9 Å². The zero-order valence-electron chi connectivity index (χ0n) is 18.7. The third-order valence-corrected chi connectivity index (χ3v) is 4.94. The minimum atomic E-state index is -1.12. The molecule has 0 fully saturated rings. The van der Waals surface area contributed by atoms with Crippen LogP contribution >= 0.6 is 0 Å². The number of ether oxygens (including phenoxy) is 3. The van der Waals surface area contributed by atoms with E-state index < -0.39 is 23.7 Å². The molecule has 0 radical (unpaired) electrons. The predicted octanol–water partition coefficient (Wildman–Crippen LogP) is 3.78. The molecular formula is C23H30N2O6. The van der Waals surface area contributed by atoms with Crippen LogP contribution in [-0.4, -0.2) is 46.6 Å². The van der Waals surface area contributed by atoms with Crippen LogP contribution in [0.4, 0.5) is 4.79 Å². The number of amides is 1. The van der Waals surface area contributed by atoms with Crippen molar-refractivity contribution in [3.63, 3.8) is 0 Å². The summed E-state index contributed by atoms with van der Waals surface area (Å²) in [6.45, 7) is 10.3. The second-order valence-electron chi connectivity index (χ2n) is 8.65. The number of nitrogens with zero attached hydrogens (tertiary/aromatic N) is 1. The lowest BCUT2D eigenvalue weighted by atomic mass is 10.1. The van der Waals surface area contributed by atoms with E-state index in [1.54, 1.807) is 20.8 Å². The van der Waals surface area contributed by atoms with Crippen molar-refractivity contribution in [2.24, 2.45) is 0 Å². The monoisotopic (exact) mass is 430 g/mol. The number of aryl methyl sites for hydroxylation is 1. The largest absolute Gasteiger partial charge is 0.490 e. The Bertz CT molecular complexity index is 973. The van der Waals surface area contributed by atoms with Gasteiger partial charge in [-0.3, -0.25) is 0 Å². The van der Waals surface area contributed by atoms with Crippen LogP contribution in [0, 0.1) is 13.8 Å². The Morgan fingerprint density at radius 3 is 2.48 bits per heavy atom. The van der Waals surface area contributed by atoms with Gasteiger partial charge in [0.05, 0.1) is 13.2 Å². The first kappa shape index (κ1) is 22.5. The molecule has 1 aliphatic rings. The van der Waals surface area contributed by atoms with Crippen LogP contribution in [0.25, 0.3) is 5.69 Å². The highest BCUT2D eigenvalue weighted by Crippen LogP contribution is 2.33. The van der Waals surface area contributed by atoms with Crippen LogP contribution in [-0.2, 0) is 16.0 Å². The molecule has 0 saturated heterocycles. The Morgan fingerprint density at radius 2 is 1.84 bits per heavy atom. The highest BCUT2D eigenvalue weighted by Gasteiger charge is 2.26. The second kappa shape index (κ2) is 8.91. The number of carboxylic acids is 1. The first-order chi connectivity index (χ1) is 14.5. The van der Waals surface area contributed by atoms with Gasteiger partial charge in [-0.05, 0) is 58.4 Å². The number of nitrogens with one attached hydrogen (secondary N) is 1. The highest BCUT2D eigenvalue weighted by molar-refractivity contribution is 5.80. The fourth-order valence-electron chi connectivity index (χ4n) is 3.59. The van der Waals surface area contributed by atoms with E-state index in [1.165, 1.54) is 0 Å². The van der Waals surface area contributed by atoms with E-state index in [0.29, 0.717) is 19.0 Å². The van der Waals surface area contributed by atoms with Crippen LogP contribution in [0.15, 0.2) is 24.3 Å². The lowest BCUT2D eigenvalue weighted by Gasteiger charge is -2.22. The third-order valence-electron chi connectivity index (χ3n) is 4.94. The van der Waals surface area contributed by atoms with Crippen LogP contribution in [0.2, 0.25) is 0 Å². The van der Waals surface area contributed by atoms with Crippen molar-refractivity contribution in [1.82, 2.24) is 9.88 Å². The Morgan fingerprint density at radius 1 is 1.16 bits per heavy atom. The summed E-state index contributed by atoms with van der Waals surface area (Å²) in [6.07, 6.45) is 0.215. The highest BCUT2D eigenvalue weighted by atomic mass is 16.6. The number of alkyl carbamates (subject to hydrolysis) is 1. The van der Waals surface area contributed by atoms with E-state index in [2.05, 4.69) is 5.32 Å². The predicted molar refractivity (Wildman–Crippen MR) is 115 cm³/mol. The third kappa shape index (κ3) is 5.51. The molecule has 3 rings (SSSR count).